The molecule has 0 fully saturated rings. The summed E-state index contributed by atoms with van der Waals surface area (Å²) in [5.74, 6) is 0. The predicted octanol–water partition coefficient (Wildman–Crippen LogP) is 2.66. The fourth-order valence-electron chi connectivity index (χ4n) is 2.77. The zero-order valence-corrected chi connectivity index (χ0v) is 11.1. The van der Waals surface area contributed by atoms with Crippen molar-refractivity contribution >= 4 is 17.7 Å². The van der Waals surface area contributed by atoms with Crippen molar-refractivity contribution in [2.24, 2.45) is 0 Å². The number of aryl methyl sites for hydroxylation is 2. The van der Waals surface area contributed by atoms with Crippen LogP contribution < -0.4 is 10.7 Å². The summed E-state index contributed by atoms with van der Waals surface area (Å²) in [6.07, 6.45) is 2.26. The third-order valence-corrected chi connectivity index (χ3v) is 3.45. The number of aromatic nitrogens is 1. The Hall–Kier alpha value is -2.02. The van der Waals surface area contributed by atoms with E-state index in [1.807, 2.05) is 0 Å². The van der Waals surface area contributed by atoms with Crippen LogP contribution in [0.25, 0.3) is 17.7 Å². The molecule has 1 aliphatic carbocycles. The quantitative estimate of drug-likeness (QED) is 0.782. The zero-order chi connectivity index (χ0) is 12.9. The standard InChI is InChI=1S/C17H17N/c1-10-5-11(2)7-14(6-10)15-8-12(3)17-16(15)9-13(4)18-17/h5-9,18H,4H2,1-3H3. The van der Waals surface area contributed by atoms with Crippen LogP contribution in [-0.4, -0.2) is 4.98 Å². The van der Waals surface area contributed by atoms with Crippen LogP contribution in [0.3, 0.4) is 0 Å². The fraction of sp³-hybridized carbons (Fsp3) is 0.176. The van der Waals surface area contributed by atoms with E-state index >= 15 is 0 Å². The monoisotopic (exact) mass is 235 g/mol. The van der Waals surface area contributed by atoms with Crippen molar-refractivity contribution < 1.29 is 0 Å². The van der Waals surface area contributed by atoms with Gasteiger partial charge in [0.2, 0.25) is 0 Å². The highest BCUT2D eigenvalue weighted by molar-refractivity contribution is 5.91. The molecule has 0 unspecified atom stereocenters. The second kappa shape index (κ2) is 3.74. The smallest absolute Gasteiger partial charge is 0.0494 e. The number of aromatic amines is 1. The summed E-state index contributed by atoms with van der Waals surface area (Å²) in [6.45, 7) is 10.4. The van der Waals surface area contributed by atoms with Crippen molar-refractivity contribution in [2.45, 2.75) is 20.8 Å². The molecule has 1 aliphatic rings. The van der Waals surface area contributed by atoms with Gasteiger partial charge in [-0.2, -0.15) is 0 Å². The molecule has 0 saturated carbocycles. The second-order valence-electron chi connectivity index (χ2n) is 5.20. The minimum atomic E-state index is 0.981. The largest absolute Gasteiger partial charge is 0.355 e. The maximum absolute atomic E-state index is 3.99. The number of allylic oxidation sites excluding steroid dienone is 1. The van der Waals surface area contributed by atoms with Crippen LogP contribution in [0.4, 0.5) is 0 Å². The topological polar surface area (TPSA) is 15.8 Å². The molecule has 1 aromatic carbocycles. The summed E-state index contributed by atoms with van der Waals surface area (Å²) in [5, 5.41) is 2.20. The van der Waals surface area contributed by atoms with Gasteiger partial charge in [0.25, 0.3) is 0 Å². The average molecular weight is 235 g/mol. The highest BCUT2D eigenvalue weighted by Crippen LogP contribution is 2.27. The van der Waals surface area contributed by atoms with E-state index in [0.717, 1.165) is 5.35 Å². The van der Waals surface area contributed by atoms with Crippen molar-refractivity contribution in [3.05, 3.63) is 63.3 Å². The third-order valence-electron chi connectivity index (χ3n) is 3.45. The SMILES string of the molecule is C=c1cc2c([nH]1)=C(C)C=C2c1cc(C)cc(C)c1. The summed E-state index contributed by atoms with van der Waals surface area (Å²) >= 11 is 0. The Morgan fingerprint density at radius 3 is 2.28 bits per heavy atom. The lowest BCUT2D eigenvalue weighted by molar-refractivity contribution is 1.26. The Kier molecular flexibility index (Phi) is 2.30. The number of rotatable bonds is 1. The highest BCUT2D eigenvalue weighted by atomic mass is 14.7. The minimum Gasteiger partial charge on any atom is -0.355 e. The van der Waals surface area contributed by atoms with E-state index in [2.05, 4.69) is 62.7 Å². The lowest BCUT2D eigenvalue weighted by Gasteiger charge is -2.06. The summed E-state index contributed by atoms with van der Waals surface area (Å²) < 4.78 is 0. The van der Waals surface area contributed by atoms with Gasteiger partial charge >= 0.3 is 0 Å². The maximum Gasteiger partial charge on any atom is 0.0494 e. The molecule has 0 spiro atoms. The Morgan fingerprint density at radius 1 is 0.944 bits per heavy atom. The van der Waals surface area contributed by atoms with Gasteiger partial charge in [0.15, 0.2) is 0 Å². The zero-order valence-electron chi connectivity index (χ0n) is 11.1. The first-order valence-electron chi connectivity index (χ1n) is 6.24. The van der Waals surface area contributed by atoms with Crippen molar-refractivity contribution in [3.8, 4) is 0 Å². The molecule has 3 rings (SSSR count). The van der Waals surface area contributed by atoms with Gasteiger partial charge in [-0.3, -0.25) is 0 Å². The molecule has 18 heavy (non-hydrogen) atoms. The van der Waals surface area contributed by atoms with Crippen LogP contribution in [0, 0.1) is 13.8 Å². The van der Waals surface area contributed by atoms with E-state index in [1.54, 1.807) is 0 Å². The first-order chi connectivity index (χ1) is 8.54. The Bertz CT molecular complexity index is 752. The molecule has 0 amide bonds. The van der Waals surface area contributed by atoms with Crippen LogP contribution in [0.1, 0.15) is 29.2 Å². The van der Waals surface area contributed by atoms with E-state index in [1.165, 1.54) is 38.7 Å². The molecule has 2 aromatic rings. The van der Waals surface area contributed by atoms with Crippen LogP contribution >= 0.6 is 0 Å². The average Bonchev–Trinajstić information content (AvgIpc) is 2.77. The van der Waals surface area contributed by atoms with Crippen LogP contribution in [0.2, 0.25) is 0 Å². The van der Waals surface area contributed by atoms with E-state index in [0.29, 0.717) is 0 Å². The summed E-state index contributed by atoms with van der Waals surface area (Å²) in [7, 11) is 0. The van der Waals surface area contributed by atoms with Crippen LogP contribution in [-0.2, 0) is 0 Å². The Labute approximate surface area is 107 Å². The number of hydrogen-bond acceptors (Lipinski definition) is 0. The summed E-state index contributed by atoms with van der Waals surface area (Å²) in [5.41, 5.74) is 7.78. The van der Waals surface area contributed by atoms with Gasteiger partial charge in [0.1, 0.15) is 0 Å². The first-order valence-corrected chi connectivity index (χ1v) is 6.24. The second-order valence-corrected chi connectivity index (χ2v) is 5.20. The van der Waals surface area contributed by atoms with Gasteiger partial charge in [-0.15, -0.1) is 0 Å². The molecule has 0 aliphatic heterocycles. The van der Waals surface area contributed by atoms with Crippen molar-refractivity contribution in [3.63, 3.8) is 0 Å². The molecular formula is C17H17N. The molecule has 1 N–H and O–H groups in total. The van der Waals surface area contributed by atoms with Gasteiger partial charge < -0.3 is 4.98 Å². The molecule has 0 saturated heterocycles. The van der Waals surface area contributed by atoms with Gasteiger partial charge in [-0.1, -0.05) is 35.9 Å². The van der Waals surface area contributed by atoms with Gasteiger partial charge in [-0.25, -0.2) is 0 Å². The van der Waals surface area contributed by atoms with Crippen LogP contribution in [0.5, 0.6) is 0 Å². The molecule has 0 radical (unpaired) electrons. The molecule has 1 heteroatoms. The highest BCUT2D eigenvalue weighted by Gasteiger charge is 2.15. The van der Waals surface area contributed by atoms with Gasteiger partial charge in [0, 0.05) is 16.3 Å². The van der Waals surface area contributed by atoms with Gasteiger partial charge in [-0.05, 0) is 49.6 Å². The number of H-pyrrole nitrogens is 1. The Morgan fingerprint density at radius 2 is 1.61 bits per heavy atom. The number of nitrogens with one attached hydrogen (secondary N) is 1. The number of hydrogen-bond donors (Lipinski definition) is 1. The molecule has 90 valence electrons. The first kappa shape index (κ1) is 11.1. The summed E-state index contributed by atoms with van der Waals surface area (Å²) in [4.78, 5) is 3.33. The van der Waals surface area contributed by atoms with E-state index in [9.17, 15) is 0 Å². The minimum absolute atomic E-state index is 0.981. The third kappa shape index (κ3) is 1.63. The molecule has 1 nitrogen and oxygen atoms in total. The van der Waals surface area contributed by atoms with E-state index in [4.69, 9.17) is 0 Å². The normalized spacial score (nSPS) is 13.7. The van der Waals surface area contributed by atoms with E-state index < -0.39 is 0 Å². The van der Waals surface area contributed by atoms with E-state index in [-0.39, 0.29) is 0 Å². The molecule has 0 atom stereocenters. The Balaban J connectivity index is 2.22. The molecule has 1 heterocycles. The summed E-state index contributed by atoms with van der Waals surface area (Å²) in [6, 6.07) is 8.84. The van der Waals surface area contributed by atoms with Crippen LogP contribution in [0.15, 0.2) is 30.3 Å². The number of fused-ring (bicyclic) bond motifs is 1. The molecule has 1 aromatic heterocycles. The van der Waals surface area contributed by atoms with Crippen molar-refractivity contribution in [2.75, 3.05) is 0 Å². The lowest BCUT2D eigenvalue weighted by Crippen LogP contribution is -2.09. The predicted molar refractivity (Wildman–Crippen MR) is 77.6 cm³/mol. The van der Waals surface area contributed by atoms with Crippen molar-refractivity contribution in [1.82, 2.24) is 4.98 Å². The molecular weight excluding hydrogens is 218 g/mol. The lowest BCUT2D eigenvalue weighted by atomic mass is 9.98. The molecule has 0 bridgehead atoms. The van der Waals surface area contributed by atoms with Crippen molar-refractivity contribution in [1.29, 1.82) is 0 Å². The fourth-order valence-corrected chi connectivity index (χ4v) is 2.77. The number of benzene rings is 1. The maximum atomic E-state index is 3.99. The van der Waals surface area contributed by atoms with Gasteiger partial charge in [0.05, 0.1) is 0 Å².